The van der Waals surface area contributed by atoms with Gasteiger partial charge in [0.05, 0.1) is 5.75 Å². The van der Waals surface area contributed by atoms with Crippen LogP contribution in [0.15, 0.2) is 0 Å². The van der Waals surface area contributed by atoms with E-state index in [4.69, 9.17) is 0 Å². The molecule has 3 nitrogen and oxygen atoms in total. The Morgan fingerprint density at radius 1 is 1.00 bits per heavy atom. The standard InChI is InChI=1S/C17H37NO2S/c1-6-9-10-17(8-3,15-18-14-16(4)5)11-13-21(19,20)12-7-2/h16,18H,6-15H2,1-5H3. The van der Waals surface area contributed by atoms with Crippen molar-refractivity contribution < 1.29 is 8.42 Å². The molecule has 0 aliphatic heterocycles. The summed E-state index contributed by atoms with van der Waals surface area (Å²) in [5, 5.41) is 3.56. The Balaban J connectivity index is 4.68. The molecule has 0 fully saturated rings. The van der Waals surface area contributed by atoms with E-state index < -0.39 is 9.84 Å². The van der Waals surface area contributed by atoms with E-state index in [1.54, 1.807) is 0 Å². The van der Waals surface area contributed by atoms with Gasteiger partial charge in [0, 0.05) is 12.3 Å². The number of unbranched alkanes of at least 4 members (excludes halogenated alkanes) is 1. The molecule has 0 aromatic rings. The Morgan fingerprint density at radius 2 is 1.67 bits per heavy atom. The topological polar surface area (TPSA) is 46.2 Å². The van der Waals surface area contributed by atoms with E-state index in [1.165, 1.54) is 12.8 Å². The molecule has 0 aromatic carbocycles. The third-order valence-corrected chi connectivity index (χ3v) is 6.18. The van der Waals surface area contributed by atoms with Crippen LogP contribution in [0.3, 0.4) is 0 Å². The van der Waals surface area contributed by atoms with Gasteiger partial charge in [-0.15, -0.1) is 0 Å². The first kappa shape index (κ1) is 20.9. The van der Waals surface area contributed by atoms with E-state index in [-0.39, 0.29) is 5.41 Å². The maximum absolute atomic E-state index is 12.0. The van der Waals surface area contributed by atoms with Gasteiger partial charge < -0.3 is 5.32 Å². The molecule has 0 radical (unpaired) electrons. The first-order valence-electron chi connectivity index (χ1n) is 8.72. The molecule has 0 bridgehead atoms. The van der Waals surface area contributed by atoms with E-state index >= 15 is 0 Å². The normalized spacial score (nSPS) is 15.3. The minimum absolute atomic E-state index is 0.145. The van der Waals surface area contributed by atoms with Crippen LogP contribution in [0.5, 0.6) is 0 Å². The van der Waals surface area contributed by atoms with Gasteiger partial charge in [-0.05, 0) is 43.6 Å². The predicted octanol–water partition coefficient (Wildman–Crippen LogP) is 4.03. The Kier molecular flexibility index (Phi) is 10.6. The Hall–Kier alpha value is -0.0900. The van der Waals surface area contributed by atoms with E-state index in [1.807, 2.05) is 6.92 Å². The number of nitrogens with one attached hydrogen (secondary N) is 1. The minimum atomic E-state index is -2.87. The molecule has 1 N–H and O–H groups in total. The minimum Gasteiger partial charge on any atom is -0.316 e. The lowest BCUT2D eigenvalue weighted by Gasteiger charge is -2.34. The molecule has 0 saturated heterocycles. The average molecular weight is 320 g/mol. The first-order valence-corrected chi connectivity index (χ1v) is 10.5. The molecular weight excluding hydrogens is 282 g/mol. The fourth-order valence-corrected chi connectivity index (χ4v) is 4.31. The van der Waals surface area contributed by atoms with Crippen LogP contribution < -0.4 is 5.32 Å². The predicted molar refractivity (Wildman–Crippen MR) is 93.5 cm³/mol. The van der Waals surface area contributed by atoms with Crippen molar-refractivity contribution in [3.63, 3.8) is 0 Å². The van der Waals surface area contributed by atoms with Gasteiger partial charge >= 0.3 is 0 Å². The largest absolute Gasteiger partial charge is 0.316 e. The molecule has 0 heterocycles. The van der Waals surface area contributed by atoms with Crippen molar-refractivity contribution >= 4 is 9.84 Å². The molecule has 21 heavy (non-hydrogen) atoms. The van der Waals surface area contributed by atoms with Gasteiger partial charge in [-0.3, -0.25) is 0 Å². The zero-order chi connectivity index (χ0) is 16.4. The Morgan fingerprint density at radius 3 is 2.14 bits per heavy atom. The van der Waals surface area contributed by atoms with Crippen molar-refractivity contribution in [2.75, 3.05) is 24.6 Å². The molecule has 1 atom stereocenters. The summed E-state index contributed by atoms with van der Waals surface area (Å²) in [4.78, 5) is 0. The van der Waals surface area contributed by atoms with E-state index in [0.717, 1.165) is 38.8 Å². The number of hydrogen-bond acceptors (Lipinski definition) is 3. The van der Waals surface area contributed by atoms with Gasteiger partial charge in [0.2, 0.25) is 0 Å². The van der Waals surface area contributed by atoms with E-state index in [0.29, 0.717) is 17.4 Å². The number of hydrogen-bond donors (Lipinski definition) is 1. The first-order chi connectivity index (χ1) is 9.81. The summed E-state index contributed by atoms with van der Waals surface area (Å²) in [5.74, 6) is 1.32. The van der Waals surface area contributed by atoms with Crippen LogP contribution in [-0.2, 0) is 9.84 Å². The fourth-order valence-electron chi connectivity index (χ4n) is 2.74. The van der Waals surface area contributed by atoms with Crippen molar-refractivity contribution in [3.05, 3.63) is 0 Å². The molecule has 0 spiro atoms. The molecule has 0 saturated carbocycles. The summed E-state index contributed by atoms with van der Waals surface area (Å²) in [5.41, 5.74) is 0.145. The maximum Gasteiger partial charge on any atom is 0.150 e. The zero-order valence-electron chi connectivity index (χ0n) is 14.9. The van der Waals surface area contributed by atoms with Crippen LogP contribution in [0.25, 0.3) is 0 Å². The van der Waals surface area contributed by atoms with Gasteiger partial charge in [0.25, 0.3) is 0 Å². The smallest absolute Gasteiger partial charge is 0.150 e. The third kappa shape index (κ3) is 9.51. The quantitative estimate of drug-likeness (QED) is 0.557. The van der Waals surface area contributed by atoms with Crippen molar-refractivity contribution in [2.24, 2.45) is 11.3 Å². The number of sulfone groups is 1. The second kappa shape index (κ2) is 10.6. The van der Waals surface area contributed by atoms with Crippen molar-refractivity contribution in [2.45, 2.75) is 73.1 Å². The summed E-state index contributed by atoms with van der Waals surface area (Å²) in [7, 11) is -2.87. The lowest BCUT2D eigenvalue weighted by Crippen LogP contribution is -2.37. The lowest BCUT2D eigenvalue weighted by atomic mass is 9.77. The molecule has 0 rings (SSSR count). The highest BCUT2D eigenvalue weighted by Gasteiger charge is 2.29. The van der Waals surface area contributed by atoms with Crippen LogP contribution in [0.1, 0.15) is 73.1 Å². The Labute approximate surface area is 133 Å². The zero-order valence-corrected chi connectivity index (χ0v) is 15.7. The van der Waals surface area contributed by atoms with Crippen LogP contribution in [0.2, 0.25) is 0 Å². The molecular formula is C17H37NO2S. The van der Waals surface area contributed by atoms with Gasteiger partial charge in [0.1, 0.15) is 9.84 Å². The van der Waals surface area contributed by atoms with Crippen LogP contribution in [-0.4, -0.2) is 33.0 Å². The van der Waals surface area contributed by atoms with Gasteiger partial charge in [0.15, 0.2) is 0 Å². The highest BCUT2D eigenvalue weighted by atomic mass is 32.2. The second-order valence-corrected chi connectivity index (χ2v) is 9.19. The van der Waals surface area contributed by atoms with Crippen molar-refractivity contribution in [1.29, 1.82) is 0 Å². The molecule has 0 aromatic heterocycles. The SMILES string of the molecule is CCCCC(CC)(CCS(=O)(=O)CCC)CNCC(C)C. The van der Waals surface area contributed by atoms with Gasteiger partial charge in [-0.2, -0.15) is 0 Å². The van der Waals surface area contributed by atoms with Crippen LogP contribution in [0.4, 0.5) is 0 Å². The maximum atomic E-state index is 12.0. The van der Waals surface area contributed by atoms with Gasteiger partial charge in [-0.25, -0.2) is 8.42 Å². The highest BCUT2D eigenvalue weighted by molar-refractivity contribution is 7.91. The monoisotopic (exact) mass is 319 g/mol. The Bertz CT molecular complexity index is 352. The van der Waals surface area contributed by atoms with Gasteiger partial charge in [-0.1, -0.05) is 47.5 Å². The summed E-state index contributed by atoms with van der Waals surface area (Å²) >= 11 is 0. The summed E-state index contributed by atoms with van der Waals surface area (Å²) in [6.07, 6.45) is 6.07. The summed E-state index contributed by atoms with van der Waals surface area (Å²) < 4.78 is 24.1. The molecule has 0 aliphatic carbocycles. The fraction of sp³-hybridized carbons (Fsp3) is 1.00. The van der Waals surface area contributed by atoms with Crippen molar-refractivity contribution in [1.82, 2.24) is 5.32 Å². The molecule has 4 heteroatoms. The van der Waals surface area contributed by atoms with Crippen LogP contribution in [0, 0.1) is 11.3 Å². The second-order valence-electron chi connectivity index (χ2n) is 6.88. The average Bonchev–Trinajstić information content (AvgIpc) is 2.41. The van der Waals surface area contributed by atoms with Crippen LogP contribution >= 0.6 is 0 Å². The van der Waals surface area contributed by atoms with Crippen molar-refractivity contribution in [3.8, 4) is 0 Å². The summed E-state index contributed by atoms with van der Waals surface area (Å²) in [6.45, 7) is 12.7. The number of rotatable bonds is 13. The van der Waals surface area contributed by atoms with E-state index in [2.05, 4.69) is 33.0 Å². The van der Waals surface area contributed by atoms with E-state index in [9.17, 15) is 8.42 Å². The highest BCUT2D eigenvalue weighted by Crippen LogP contribution is 2.33. The summed E-state index contributed by atoms with van der Waals surface area (Å²) in [6, 6.07) is 0. The third-order valence-electron chi connectivity index (χ3n) is 4.32. The molecule has 0 amide bonds. The lowest BCUT2D eigenvalue weighted by molar-refractivity contribution is 0.220. The molecule has 0 aliphatic rings. The molecule has 128 valence electrons. The molecule has 1 unspecified atom stereocenters.